The van der Waals surface area contributed by atoms with Gasteiger partial charge in [-0.1, -0.05) is 6.07 Å². The van der Waals surface area contributed by atoms with Crippen molar-refractivity contribution in [3.8, 4) is 0 Å². The van der Waals surface area contributed by atoms with Gasteiger partial charge in [0.15, 0.2) is 0 Å². The lowest BCUT2D eigenvalue weighted by Gasteiger charge is -2.10. The Hall–Kier alpha value is -1.99. The predicted molar refractivity (Wildman–Crippen MR) is 73.0 cm³/mol. The maximum atomic E-state index is 11.3. The summed E-state index contributed by atoms with van der Waals surface area (Å²) in [5, 5.41) is 8.10. The van der Waals surface area contributed by atoms with Gasteiger partial charge in [-0.25, -0.2) is 13.6 Å². The second-order valence-corrected chi connectivity index (χ2v) is 5.66. The quantitative estimate of drug-likeness (QED) is 0.734. The number of aryl methyl sites for hydroxylation is 1. The minimum atomic E-state index is -3.82. The Labute approximate surface area is 111 Å². The van der Waals surface area contributed by atoms with Gasteiger partial charge in [-0.15, -0.1) is 0 Å². The van der Waals surface area contributed by atoms with Crippen molar-refractivity contribution in [2.45, 2.75) is 18.4 Å². The van der Waals surface area contributed by atoms with E-state index in [9.17, 15) is 8.42 Å². The third-order valence-corrected chi connectivity index (χ3v) is 3.59. The molecular formula is C12H15N3O3S. The monoisotopic (exact) mass is 281 g/mol. The normalized spacial score (nSPS) is 11.5. The molecule has 6 nitrogen and oxygen atoms in total. The van der Waals surface area contributed by atoms with Crippen LogP contribution in [0.15, 0.2) is 39.6 Å². The number of nitrogens with two attached hydrogens (primary N) is 2. The standard InChI is InChI=1S/C12H15N3O3S/c1-8-5-6-9(18-8)7-15-10-3-2-4-11(12(10)13)19(14,16)17/h2-6,15H,7,13H2,1H3,(H2,14,16,17). The van der Waals surface area contributed by atoms with E-state index in [2.05, 4.69) is 5.32 Å². The number of para-hydroxylation sites is 1. The molecule has 0 aliphatic rings. The van der Waals surface area contributed by atoms with E-state index < -0.39 is 10.0 Å². The van der Waals surface area contributed by atoms with E-state index in [-0.39, 0.29) is 10.6 Å². The average molecular weight is 281 g/mol. The Balaban J connectivity index is 2.22. The van der Waals surface area contributed by atoms with E-state index in [0.29, 0.717) is 12.2 Å². The van der Waals surface area contributed by atoms with Crippen LogP contribution in [0.3, 0.4) is 0 Å². The molecule has 1 aromatic heterocycles. The summed E-state index contributed by atoms with van der Waals surface area (Å²) >= 11 is 0. The first-order valence-electron chi connectivity index (χ1n) is 5.58. The van der Waals surface area contributed by atoms with Gasteiger partial charge in [-0.05, 0) is 31.2 Å². The largest absolute Gasteiger partial charge is 0.465 e. The summed E-state index contributed by atoms with van der Waals surface area (Å²) in [7, 11) is -3.82. The lowest BCUT2D eigenvalue weighted by Crippen LogP contribution is -2.15. The van der Waals surface area contributed by atoms with Crippen LogP contribution in [0, 0.1) is 6.92 Å². The minimum Gasteiger partial charge on any atom is -0.465 e. The van der Waals surface area contributed by atoms with Gasteiger partial charge < -0.3 is 15.5 Å². The van der Waals surface area contributed by atoms with Gasteiger partial charge in [-0.3, -0.25) is 0 Å². The van der Waals surface area contributed by atoms with E-state index >= 15 is 0 Å². The molecule has 0 saturated heterocycles. The maximum Gasteiger partial charge on any atom is 0.240 e. The van der Waals surface area contributed by atoms with Crippen LogP contribution < -0.4 is 16.2 Å². The number of nitrogens with one attached hydrogen (secondary N) is 1. The van der Waals surface area contributed by atoms with Gasteiger partial charge in [0.1, 0.15) is 16.4 Å². The molecule has 0 unspecified atom stereocenters. The van der Waals surface area contributed by atoms with E-state index in [0.717, 1.165) is 11.5 Å². The van der Waals surface area contributed by atoms with E-state index in [1.807, 2.05) is 19.1 Å². The summed E-state index contributed by atoms with van der Waals surface area (Å²) in [5.41, 5.74) is 6.39. The first-order valence-corrected chi connectivity index (χ1v) is 7.13. The molecule has 0 fully saturated rings. The molecule has 0 radical (unpaired) electrons. The number of benzene rings is 1. The van der Waals surface area contributed by atoms with Crippen LogP contribution in [0.25, 0.3) is 0 Å². The first kappa shape index (κ1) is 13.4. The fraction of sp³-hybridized carbons (Fsp3) is 0.167. The Morgan fingerprint density at radius 3 is 2.58 bits per heavy atom. The molecule has 0 bridgehead atoms. The predicted octanol–water partition coefficient (Wildman–Crippen LogP) is 1.43. The van der Waals surface area contributed by atoms with Crippen molar-refractivity contribution in [2.24, 2.45) is 5.14 Å². The van der Waals surface area contributed by atoms with Crippen LogP contribution in [0.2, 0.25) is 0 Å². The second kappa shape index (κ2) is 4.94. The van der Waals surface area contributed by atoms with E-state index in [1.54, 1.807) is 12.1 Å². The van der Waals surface area contributed by atoms with E-state index in [4.69, 9.17) is 15.3 Å². The van der Waals surface area contributed by atoms with Gasteiger partial charge in [0, 0.05) is 0 Å². The first-order chi connectivity index (χ1) is 8.88. The van der Waals surface area contributed by atoms with Crippen LogP contribution in [-0.2, 0) is 16.6 Å². The zero-order chi connectivity index (χ0) is 14.0. The van der Waals surface area contributed by atoms with Crippen molar-refractivity contribution in [2.75, 3.05) is 11.1 Å². The highest BCUT2D eigenvalue weighted by molar-refractivity contribution is 7.89. The van der Waals surface area contributed by atoms with Crippen molar-refractivity contribution in [1.82, 2.24) is 0 Å². The maximum absolute atomic E-state index is 11.3. The summed E-state index contributed by atoms with van der Waals surface area (Å²) in [6, 6.07) is 8.31. The minimum absolute atomic E-state index is 0.0897. The Morgan fingerprint density at radius 1 is 1.26 bits per heavy atom. The molecule has 0 spiro atoms. The fourth-order valence-corrected chi connectivity index (χ4v) is 2.39. The number of nitrogen functional groups attached to an aromatic ring is 1. The highest BCUT2D eigenvalue weighted by Crippen LogP contribution is 2.26. The van der Waals surface area contributed by atoms with Crippen molar-refractivity contribution in [3.05, 3.63) is 41.9 Å². The molecular weight excluding hydrogens is 266 g/mol. The highest BCUT2D eigenvalue weighted by atomic mass is 32.2. The van der Waals surface area contributed by atoms with E-state index in [1.165, 1.54) is 6.07 Å². The van der Waals surface area contributed by atoms with Crippen LogP contribution in [-0.4, -0.2) is 8.42 Å². The Bertz CT molecular complexity index is 692. The van der Waals surface area contributed by atoms with Gasteiger partial charge in [0.2, 0.25) is 10.0 Å². The topological polar surface area (TPSA) is 111 Å². The number of anilines is 2. The number of rotatable bonds is 4. The zero-order valence-electron chi connectivity index (χ0n) is 10.4. The molecule has 0 aliphatic heterocycles. The summed E-state index contributed by atoms with van der Waals surface area (Å²) in [6.45, 7) is 2.26. The third-order valence-electron chi connectivity index (χ3n) is 2.62. The Kier molecular flexibility index (Phi) is 3.50. The number of furan rings is 1. The van der Waals surface area contributed by atoms with Crippen molar-refractivity contribution < 1.29 is 12.8 Å². The van der Waals surface area contributed by atoms with Crippen molar-refractivity contribution in [1.29, 1.82) is 0 Å². The molecule has 102 valence electrons. The van der Waals surface area contributed by atoms with Crippen molar-refractivity contribution in [3.63, 3.8) is 0 Å². The second-order valence-electron chi connectivity index (χ2n) is 4.13. The fourth-order valence-electron chi connectivity index (χ4n) is 1.71. The lowest BCUT2D eigenvalue weighted by atomic mass is 10.2. The third kappa shape index (κ3) is 3.07. The molecule has 19 heavy (non-hydrogen) atoms. The molecule has 5 N–H and O–H groups in total. The molecule has 1 heterocycles. The molecule has 0 saturated carbocycles. The zero-order valence-corrected chi connectivity index (χ0v) is 11.2. The number of sulfonamides is 1. The molecule has 7 heteroatoms. The molecule has 2 rings (SSSR count). The summed E-state index contributed by atoms with van der Waals surface area (Å²) in [6.07, 6.45) is 0. The molecule has 0 amide bonds. The average Bonchev–Trinajstić information content (AvgIpc) is 2.72. The smallest absolute Gasteiger partial charge is 0.240 e. The molecule has 2 aromatic rings. The summed E-state index contributed by atoms with van der Waals surface area (Å²) in [5.74, 6) is 1.54. The molecule has 0 atom stereocenters. The number of primary sulfonamides is 1. The van der Waals surface area contributed by atoms with Crippen LogP contribution in [0.5, 0.6) is 0 Å². The van der Waals surface area contributed by atoms with Crippen LogP contribution >= 0.6 is 0 Å². The van der Waals surface area contributed by atoms with Gasteiger partial charge in [0.25, 0.3) is 0 Å². The molecule has 1 aromatic carbocycles. The highest BCUT2D eigenvalue weighted by Gasteiger charge is 2.14. The van der Waals surface area contributed by atoms with Gasteiger partial charge >= 0.3 is 0 Å². The summed E-state index contributed by atoms with van der Waals surface area (Å²) < 4.78 is 28.1. The summed E-state index contributed by atoms with van der Waals surface area (Å²) in [4.78, 5) is -0.0897. The van der Waals surface area contributed by atoms with Gasteiger partial charge in [0.05, 0.1) is 17.9 Å². The van der Waals surface area contributed by atoms with Crippen LogP contribution in [0.4, 0.5) is 11.4 Å². The SMILES string of the molecule is Cc1ccc(CNc2cccc(S(N)(=O)=O)c2N)o1. The van der Waals surface area contributed by atoms with Crippen LogP contribution in [0.1, 0.15) is 11.5 Å². The van der Waals surface area contributed by atoms with Crippen molar-refractivity contribution >= 4 is 21.4 Å². The van der Waals surface area contributed by atoms with Gasteiger partial charge in [-0.2, -0.15) is 0 Å². The number of hydrogen-bond acceptors (Lipinski definition) is 5. The lowest BCUT2D eigenvalue weighted by molar-refractivity contribution is 0.490. The number of hydrogen-bond donors (Lipinski definition) is 3. The Morgan fingerprint density at radius 2 is 2.00 bits per heavy atom. The molecule has 0 aliphatic carbocycles.